The van der Waals surface area contributed by atoms with E-state index in [1.807, 2.05) is 48.5 Å². The zero-order valence-electron chi connectivity index (χ0n) is 17.3. The van der Waals surface area contributed by atoms with Gasteiger partial charge in [0.2, 0.25) is 11.8 Å². The topological polar surface area (TPSA) is 62.3 Å². The number of thiazole rings is 1. The molecule has 1 atom stereocenters. The summed E-state index contributed by atoms with van der Waals surface area (Å²) in [5, 5.41) is 3.22. The Morgan fingerprint density at radius 3 is 2.69 bits per heavy atom. The van der Waals surface area contributed by atoms with Crippen LogP contribution in [0.15, 0.2) is 66.7 Å². The summed E-state index contributed by atoms with van der Waals surface area (Å²) >= 11 is 1.42. The number of aromatic nitrogens is 1. The first-order valence-electron chi connectivity index (χ1n) is 10.4. The highest BCUT2D eigenvalue weighted by Crippen LogP contribution is 2.40. The van der Waals surface area contributed by atoms with Crippen LogP contribution in [-0.4, -0.2) is 16.8 Å². The van der Waals surface area contributed by atoms with E-state index in [0.717, 1.165) is 22.2 Å². The number of halogens is 1. The third-order valence-electron chi connectivity index (χ3n) is 5.65. The van der Waals surface area contributed by atoms with Crippen molar-refractivity contribution >= 4 is 49.9 Å². The first-order chi connectivity index (χ1) is 15.5. The van der Waals surface area contributed by atoms with E-state index in [9.17, 15) is 14.0 Å². The third-order valence-corrected chi connectivity index (χ3v) is 6.67. The van der Waals surface area contributed by atoms with Gasteiger partial charge >= 0.3 is 0 Å². The number of benzene rings is 3. The summed E-state index contributed by atoms with van der Waals surface area (Å²) in [6, 6.07) is 19.6. The average Bonchev–Trinajstić information content (AvgIpc) is 3.22. The van der Waals surface area contributed by atoms with Crippen molar-refractivity contribution in [1.29, 1.82) is 0 Å². The highest BCUT2D eigenvalue weighted by molar-refractivity contribution is 7.22. The summed E-state index contributed by atoms with van der Waals surface area (Å²) in [6.07, 6.45) is 0.878. The van der Waals surface area contributed by atoms with Crippen molar-refractivity contribution in [2.75, 3.05) is 10.2 Å². The number of para-hydroxylation sites is 1. The summed E-state index contributed by atoms with van der Waals surface area (Å²) in [6.45, 7) is 2.07. The van der Waals surface area contributed by atoms with Gasteiger partial charge in [-0.25, -0.2) is 9.37 Å². The van der Waals surface area contributed by atoms with Crippen LogP contribution < -0.4 is 10.2 Å². The van der Waals surface area contributed by atoms with Crippen LogP contribution in [0.2, 0.25) is 0 Å². The fourth-order valence-electron chi connectivity index (χ4n) is 3.98. The predicted molar refractivity (Wildman–Crippen MR) is 125 cm³/mol. The Bertz CT molecular complexity index is 1300. The number of carbonyl (C=O) groups excluding carboxylic acids is 2. The van der Waals surface area contributed by atoms with Crippen LogP contribution in [0.4, 0.5) is 20.9 Å². The molecule has 4 aromatic rings. The molecule has 0 bridgehead atoms. The number of aryl methyl sites for hydroxylation is 1. The van der Waals surface area contributed by atoms with Crippen molar-refractivity contribution in [3.05, 3.63) is 83.7 Å². The largest absolute Gasteiger partial charge is 0.326 e. The van der Waals surface area contributed by atoms with Gasteiger partial charge in [-0.15, -0.1) is 0 Å². The SMILES string of the molecule is CCc1ccc(N(C(=O)C2CC(=O)Nc3cc(F)ccc32)c2nc3ccccc3s2)cc1. The van der Waals surface area contributed by atoms with Gasteiger partial charge in [-0.2, -0.15) is 0 Å². The minimum Gasteiger partial charge on any atom is -0.326 e. The van der Waals surface area contributed by atoms with Gasteiger partial charge in [0.05, 0.1) is 21.8 Å². The molecule has 7 heteroatoms. The molecule has 1 aliphatic heterocycles. The number of hydrogen-bond donors (Lipinski definition) is 1. The molecule has 32 heavy (non-hydrogen) atoms. The molecule has 0 fully saturated rings. The van der Waals surface area contributed by atoms with Gasteiger partial charge < -0.3 is 5.32 Å². The van der Waals surface area contributed by atoms with Crippen LogP contribution in [-0.2, 0) is 16.0 Å². The van der Waals surface area contributed by atoms with E-state index in [2.05, 4.69) is 12.2 Å². The Hall–Kier alpha value is -3.58. The minimum absolute atomic E-state index is 0.00803. The number of hydrogen-bond acceptors (Lipinski definition) is 4. The number of rotatable bonds is 4. The number of amides is 2. The highest BCUT2D eigenvalue weighted by Gasteiger charge is 2.36. The van der Waals surface area contributed by atoms with Gasteiger partial charge in [0.15, 0.2) is 5.13 Å². The van der Waals surface area contributed by atoms with E-state index in [1.165, 1.54) is 23.5 Å². The molecular formula is C25H20FN3O2S. The quantitative estimate of drug-likeness (QED) is 0.433. The Morgan fingerprint density at radius 1 is 1.16 bits per heavy atom. The molecule has 0 radical (unpaired) electrons. The second-order valence-corrected chi connectivity index (χ2v) is 8.70. The van der Waals surface area contributed by atoms with Crippen LogP contribution in [0.5, 0.6) is 0 Å². The first-order valence-corrected chi connectivity index (χ1v) is 11.2. The molecule has 1 unspecified atom stereocenters. The standard InChI is InChI=1S/C25H20FN3O2S/c1-2-15-7-10-17(11-8-15)29(25-28-20-5-3-4-6-22(20)32-25)24(31)19-14-23(30)27-21-13-16(26)9-12-18(19)21/h3-13,19H,2,14H2,1H3,(H,27,30). The molecule has 5 rings (SSSR count). The molecule has 160 valence electrons. The van der Waals surface area contributed by atoms with Gasteiger partial charge in [0, 0.05) is 12.1 Å². The maximum Gasteiger partial charge on any atom is 0.241 e. The van der Waals surface area contributed by atoms with Gasteiger partial charge in [0.1, 0.15) is 5.82 Å². The molecule has 0 spiro atoms. The summed E-state index contributed by atoms with van der Waals surface area (Å²) in [5.74, 6) is -1.78. The molecule has 1 aromatic heterocycles. The summed E-state index contributed by atoms with van der Waals surface area (Å²) in [7, 11) is 0. The summed E-state index contributed by atoms with van der Waals surface area (Å²) in [4.78, 5) is 32.6. The van der Waals surface area contributed by atoms with E-state index in [0.29, 0.717) is 22.1 Å². The highest BCUT2D eigenvalue weighted by atomic mass is 32.1. The molecule has 3 aromatic carbocycles. The van der Waals surface area contributed by atoms with E-state index >= 15 is 0 Å². The van der Waals surface area contributed by atoms with E-state index in [4.69, 9.17) is 4.98 Å². The van der Waals surface area contributed by atoms with Crippen molar-refractivity contribution < 1.29 is 14.0 Å². The fourth-order valence-corrected chi connectivity index (χ4v) is 4.97. The molecule has 2 heterocycles. The molecule has 0 saturated carbocycles. The normalized spacial score (nSPS) is 15.3. The molecule has 0 aliphatic carbocycles. The fraction of sp³-hybridized carbons (Fsp3) is 0.160. The van der Waals surface area contributed by atoms with Crippen LogP contribution in [0.1, 0.15) is 30.4 Å². The molecule has 2 amide bonds. The lowest BCUT2D eigenvalue weighted by Crippen LogP contribution is -2.36. The van der Waals surface area contributed by atoms with Crippen LogP contribution in [0, 0.1) is 5.82 Å². The van der Waals surface area contributed by atoms with Crippen LogP contribution in [0.3, 0.4) is 0 Å². The Balaban J connectivity index is 1.63. The maximum absolute atomic E-state index is 13.9. The first kappa shape index (κ1) is 20.3. The van der Waals surface area contributed by atoms with E-state index in [-0.39, 0.29) is 18.2 Å². The van der Waals surface area contributed by atoms with Crippen molar-refractivity contribution in [2.45, 2.75) is 25.7 Å². The number of nitrogens with zero attached hydrogens (tertiary/aromatic N) is 2. The second-order valence-electron chi connectivity index (χ2n) is 7.69. The van der Waals surface area contributed by atoms with Gasteiger partial charge in [-0.3, -0.25) is 14.5 Å². The minimum atomic E-state index is -0.739. The molecule has 0 saturated heterocycles. The van der Waals surface area contributed by atoms with Crippen LogP contribution in [0.25, 0.3) is 10.2 Å². The summed E-state index contributed by atoms with van der Waals surface area (Å²) < 4.78 is 14.7. The van der Waals surface area contributed by atoms with Gasteiger partial charge in [-0.05, 0) is 53.9 Å². The number of anilines is 3. The van der Waals surface area contributed by atoms with Crippen molar-refractivity contribution in [1.82, 2.24) is 4.98 Å². The lowest BCUT2D eigenvalue weighted by molar-refractivity contribution is -0.124. The van der Waals surface area contributed by atoms with Crippen molar-refractivity contribution in [2.24, 2.45) is 0 Å². The van der Waals surface area contributed by atoms with Crippen molar-refractivity contribution in [3.8, 4) is 0 Å². The average molecular weight is 446 g/mol. The Kier molecular flexibility index (Phi) is 5.19. The zero-order valence-corrected chi connectivity index (χ0v) is 18.2. The third kappa shape index (κ3) is 3.65. The molecular weight excluding hydrogens is 425 g/mol. The second kappa shape index (κ2) is 8.16. The van der Waals surface area contributed by atoms with Crippen molar-refractivity contribution in [3.63, 3.8) is 0 Å². The Morgan fingerprint density at radius 2 is 1.94 bits per heavy atom. The monoisotopic (exact) mass is 445 g/mol. The zero-order chi connectivity index (χ0) is 22.2. The molecule has 1 N–H and O–H groups in total. The maximum atomic E-state index is 13.9. The molecule has 1 aliphatic rings. The summed E-state index contributed by atoms with van der Waals surface area (Å²) in [5.41, 5.74) is 3.58. The number of fused-ring (bicyclic) bond motifs is 2. The van der Waals surface area contributed by atoms with E-state index < -0.39 is 11.7 Å². The lowest BCUT2D eigenvalue weighted by Gasteiger charge is -2.29. The number of carbonyl (C=O) groups is 2. The lowest BCUT2D eigenvalue weighted by atomic mass is 9.89. The van der Waals surface area contributed by atoms with E-state index in [1.54, 1.807) is 11.0 Å². The molecule has 5 nitrogen and oxygen atoms in total. The number of nitrogens with one attached hydrogen (secondary N) is 1. The van der Waals surface area contributed by atoms with Gasteiger partial charge in [0.25, 0.3) is 0 Å². The Labute approximate surface area is 188 Å². The predicted octanol–water partition coefficient (Wildman–Crippen LogP) is 5.79. The van der Waals surface area contributed by atoms with Crippen LogP contribution >= 0.6 is 11.3 Å². The van der Waals surface area contributed by atoms with Gasteiger partial charge in [-0.1, -0.05) is 48.6 Å². The smallest absolute Gasteiger partial charge is 0.241 e.